The predicted molar refractivity (Wildman–Crippen MR) is 56.6 cm³/mol. The monoisotopic (exact) mass is 226 g/mol. The fourth-order valence-electron chi connectivity index (χ4n) is 1.28. The molecule has 2 unspecified atom stereocenters. The van der Waals surface area contributed by atoms with Gasteiger partial charge in [0.15, 0.2) is 0 Å². The number of nitrogen functional groups attached to an aromatic ring is 1. The van der Waals surface area contributed by atoms with Crippen LogP contribution in [0.1, 0.15) is 23.7 Å². The van der Waals surface area contributed by atoms with Gasteiger partial charge in [-0.15, -0.1) is 0 Å². The van der Waals surface area contributed by atoms with Crippen LogP contribution in [0.2, 0.25) is 0 Å². The Bertz CT molecular complexity index is 394. The van der Waals surface area contributed by atoms with Crippen molar-refractivity contribution in [1.82, 2.24) is 4.98 Å². The minimum Gasteiger partial charge on any atom is -0.481 e. The lowest BCUT2D eigenvalue weighted by molar-refractivity contribution is -0.141. The summed E-state index contributed by atoms with van der Waals surface area (Å²) in [7, 11) is 0. The van der Waals surface area contributed by atoms with Gasteiger partial charge in [-0.1, -0.05) is 0 Å². The number of aliphatic carboxylic acids is 1. The number of carboxylic acid groups (broad SMARTS) is 1. The van der Waals surface area contributed by atoms with Crippen molar-refractivity contribution >= 4 is 11.8 Å². The Morgan fingerprint density at radius 2 is 2.19 bits per heavy atom. The summed E-state index contributed by atoms with van der Waals surface area (Å²) in [5.74, 6) is -0.838. The molecule has 0 saturated carbocycles. The molecule has 0 saturated heterocycles. The van der Waals surface area contributed by atoms with Crippen molar-refractivity contribution < 1.29 is 20.1 Å². The highest BCUT2D eigenvalue weighted by Gasteiger charge is 2.21. The van der Waals surface area contributed by atoms with E-state index in [2.05, 4.69) is 4.98 Å². The molecule has 0 amide bonds. The van der Waals surface area contributed by atoms with E-state index in [1.54, 1.807) is 13.0 Å². The number of aliphatic hydroxyl groups is 2. The summed E-state index contributed by atoms with van der Waals surface area (Å²) in [4.78, 5) is 14.2. The molecule has 16 heavy (non-hydrogen) atoms. The van der Waals surface area contributed by atoms with Gasteiger partial charge in [0.25, 0.3) is 0 Å². The normalized spacial score (nSPS) is 14.4. The number of nitrogens with two attached hydrogens (primary N) is 1. The maximum atomic E-state index is 10.4. The van der Waals surface area contributed by atoms with Crippen LogP contribution in [-0.2, 0) is 4.79 Å². The van der Waals surface area contributed by atoms with Crippen molar-refractivity contribution in [3.05, 3.63) is 23.4 Å². The zero-order valence-corrected chi connectivity index (χ0v) is 8.79. The number of anilines is 1. The van der Waals surface area contributed by atoms with Gasteiger partial charge in [0.05, 0.1) is 12.5 Å². The van der Waals surface area contributed by atoms with E-state index in [0.29, 0.717) is 16.9 Å². The summed E-state index contributed by atoms with van der Waals surface area (Å²) in [6.45, 7) is 1.71. The third kappa shape index (κ3) is 2.91. The Labute approximate surface area is 92.4 Å². The fourth-order valence-corrected chi connectivity index (χ4v) is 1.28. The average molecular weight is 226 g/mol. The van der Waals surface area contributed by atoms with E-state index in [0.717, 1.165) is 0 Å². The zero-order valence-electron chi connectivity index (χ0n) is 8.79. The van der Waals surface area contributed by atoms with E-state index in [4.69, 9.17) is 10.8 Å². The molecule has 1 aromatic heterocycles. The fraction of sp³-hybridized carbons (Fsp3) is 0.400. The number of carboxylic acids is 1. The largest absolute Gasteiger partial charge is 0.481 e. The maximum absolute atomic E-state index is 10.4. The topological polar surface area (TPSA) is 117 Å². The number of nitrogens with zero attached hydrogens (tertiary/aromatic N) is 1. The van der Waals surface area contributed by atoms with E-state index < -0.39 is 24.6 Å². The Hall–Kier alpha value is -1.66. The minimum atomic E-state index is -1.36. The van der Waals surface area contributed by atoms with Gasteiger partial charge in [0.1, 0.15) is 11.9 Å². The second kappa shape index (κ2) is 4.91. The summed E-state index contributed by atoms with van der Waals surface area (Å²) in [6.07, 6.45) is -1.84. The van der Waals surface area contributed by atoms with Crippen molar-refractivity contribution in [2.24, 2.45) is 0 Å². The first-order valence-corrected chi connectivity index (χ1v) is 4.71. The van der Waals surface area contributed by atoms with Crippen molar-refractivity contribution in [3.63, 3.8) is 0 Å². The molecule has 88 valence electrons. The Kier molecular flexibility index (Phi) is 3.81. The lowest BCUT2D eigenvalue weighted by atomic mass is 10.0. The third-order valence-corrected chi connectivity index (χ3v) is 2.23. The number of rotatable bonds is 4. The average Bonchev–Trinajstić information content (AvgIpc) is 2.20. The second-order valence-electron chi connectivity index (χ2n) is 3.58. The van der Waals surface area contributed by atoms with Crippen LogP contribution in [-0.4, -0.2) is 32.4 Å². The van der Waals surface area contributed by atoms with Gasteiger partial charge in [0.2, 0.25) is 0 Å². The van der Waals surface area contributed by atoms with Crippen LogP contribution in [0.5, 0.6) is 0 Å². The molecule has 0 aliphatic carbocycles. The third-order valence-electron chi connectivity index (χ3n) is 2.23. The molecule has 5 N–H and O–H groups in total. The van der Waals surface area contributed by atoms with Gasteiger partial charge < -0.3 is 21.1 Å². The van der Waals surface area contributed by atoms with E-state index in [-0.39, 0.29) is 0 Å². The summed E-state index contributed by atoms with van der Waals surface area (Å²) in [5.41, 5.74) is 6.51. The van der Waals surface area contributed by atoms with E-state index in [1.165, 1.54) is 6.20 Å². The number of aryl methyl sites for hydroxylation is 1. The summed E-state index contributed by atoms with van der Waals surface area (Å²) in [6, 6.07) is 1.57. The highest BCUT2D eigenvalue weighted by Crippen LogP contribution is 2.20. The SMILES string of the molecule is Cc1cc(C(O)C(O)CC(=O)O)cnc1N. The molecule has 0 bridgehead atoms. The van der Waals surface area contributed by atoms with Crippen LogP contribution in [0.25, 0.3) is 0 Å². The molecule has 6 nitrogen and oxygen atoms in total. The van der Waals surface area contributed by atoms with Gasteiger partial charge in [0, 0.05) is 11.8 Å². The van der Waals surface area contributed by atoms with Crippen LogP contribution in [0, 0.1) is 6.92 Å². The first-order valence-electron chi connectivity index (χ1n) is 4.71. The number of pyridine rings is 1. The van der Waals surface area contributed by atoms with Crippen molar-refractivity contribution in [2.75, 3.05) is 5.73 Å². The van der Waals surface area contributed by atoms with Crippen LogP contribution < -0.4 is 5.73 Å². The molecule has 1 rings (SSSR count). The number of hydrogen-bond donors (Lipinski definition) is 4. The molecule has 0 spiro atoms. The van der Waals surface area contributed by atoms with Gasteiger partial charge in [-0.05, 0) is 18.6 Å². The van der Waals surface area contributed by atoms with Gasteiger partial charge in [-0.2, -0.15) is 0 Å². The number of aliphatic hydroxyl groups excluding tert-OH is 2. The van der Waals surface area contributed by atoms with Crippen LogP contribution in [0.15, 0.2) is 12.3 Å². The lowest BCUT2D eigenvalue weighted by Crippen LogP contribution is -2.22. The zero-order chi connectivity index (χ0) is 12.3. The van der Waals surface area contributed by atoms with Crippen molar-refractivity contribution in [3.8, 4) is 0 Å². The highest BCUT2D eigenvalue weighted by atomic mass is 16.4. The number of aromatic nitrogens is 1. The molecule has 0 radical (unpaired) electrons. The first-order chi connectivity index (χ1) is 7.41. The first kappa shape index (κ1) is 12.4. The quantitative estimate of drug-likeness (QED) is 0.567. The van der Waals surface area contributed by atoms with E-state index >= 15 is 0 Å². The number of hydrogen-bond acceptors (Lipinski definition) is 5. The second-order valence-corrected chi connectivity index (χ2v) is 3.58. The van der Waals surface area contributed by atoms with Crippen LogP contribution >= 0.6 is 0 Å². The van der Waals surface area contributed by atoms with Gasteiger partial charge in [-0.3, -0.25) is 4.79 Å². The molecule has 6 heteroatoms. The van der Waals surface area contributed by atoms with Gasteiger partial charge in [-0.25, -0.2) is 4.98 Å². The van der Waals surface area contributed by atoms with E-state index in [9.17, 15) is 15.0 Å². The lowest BCUT2D eigenvalue weighted by Gasteiger charge is -2.16. The minimum absolute atomic E-state index is 0.337. The van der Waals surface area contributed by atoms with Gasteiger partial charge >= 0.3 is 5.97 Å². The Balaban J connectivity index is 2.83. The van der Waals surface area contributed by atoms with Crippen molar-refractivity contribution in [1.29, 1.82) is 0 Å². The van der Waals surface area contributed by atoms with Crippen LogP contribution in [0.4, 0.5) is 5.82 Å². The van der Waals surface area contributed by atoms with Crippen LogP contribution in [0.3, 0.4) is 0 Å². The molecule has 0 aliphatic rings. The molecule has 0 aliphatic heterocycles. The summed E-state index contributed by atoms with van der Waals surface area (Å²) < 4.78 is 0. The maximum Gasteiger partial charge on any atom is 0.306 e. The standard InChI is InChI=1S/C10H14N2O4/c1-5-2-6(4-12-10(5)11)9(16)7(13)3-8(14)15/h2,4,7,9,13,16H,3H2,1H3,(H2,11,12)(H,14,15). The highest BCUT2D eigenvalue weighted by molar-refractivity contribution is 5.67. The summed E-state index contributed by atoms with van der Waals surface area (Å²) >= 11 is 0. The number of carbonyl (C=O) groups is 1. The molecular weight excluding hydrogens is 212 g/mol. The molecular formula is C10H14N2O4. The Morgan fingerprint density at radius 1 is 1.56 bits per heavy atom. The predicted octanol–water partition coefficient (Wildman–Crippen LogP) is -0.159. The van der Waals surface area contributed by atoms with E-state index in [1.807, 2.05) is 0 Å². The molecule has 2 atom stereocenters. The Morgan fingerprint density at radius 3 is 2.69 bits per heavy atom. The summed E-state index contributed by atoms with van der Waals surface area (Å²) in [5, 5.41) is 27.5. The van der Waals surface area contributed by atoms with Crippen molar-refractivity contribution in [2.45, 2.75) is 25.6 Å². The smallest absolute Gasteiger partial charge is 0.306 e. The molecule has 0 fully saturated rings. The molecule has 1 heterocycles. The molecule has 0 aromatic carbocycles. The molecule has 1 aromatic rings.